The summed E-state index contributed by atoms with van der Waals surface area (Å²) in [4.78, 5) is 18.6. The second kappa shape index (κ2) is 59.7. The van der Waals surface area contributed by atoms with E-state index >= 15 is 0 Å². The lowest BCUT2D eigenvalue weighted by Gasteiger charge is -2.15. The number of hydrogen-bond acceptors (Lipinski definition) is 7. The Balaban J connectivity index is -0.000000292. The third-order valence-electron chi connectivity index (χ3n) is 9.58. The maximum Gasteiger partial charge on any atom is 0.115 e. The smallest absolute Gasteiger partial charge is 0.115 e. The van der Waals surface area contributed by atoms with Crippen LogP contribution in [0.25, 0.3) is 0 Å². The van der Waals surface area contributed by atoms with Crippen LogP contribution >= 0.6 is 0 Å². The third-order valence-corrected chi connectivity index (χ3v) is 9.58. The van der Waals surface area contributed by atoms with Gasteiger partial charge in [0.25, 0.3) is 0 Å². The van der Waals surface area contributed by atoms with Crippen LogP contribution < -0.4 is 0 Å². The van der Waals surface area contributed by atoms with Crippen molar-refractivity contribution in [2.24, 2.45) is 23.7 Å². The fraction of sp³-hybridized carbons (Fsp3) is 0.679. The minimum absolute atomic E-state index is 1.04. The topological polar surface area (TPSA) is 90.2 Å². The minimum Gasteiger partial charge on any atom is -0.265 e. The van der Waals surface area contributed by atoms with Crippen LogP contribution in [0.5, 0.6) is 0 Å². The highest BCUT2D eigenvalue weighted by molar-refractivity contribution is 4.88. The fourth-order valence-corrected chi connectivity index (χ4v) is 6.30. The normalized spacial score (nSPS) is 15.4. The van der Waals surface area contributed by atoms with E-state index in [2.05, 4.69) is 62.8 Å². The van der Waals surface area contributed by atoms with Gasteiger partial charge < -0.3 is 0 Å². The van der Waals surface area contributed by atoms with E-state index < -0.39 is 0 Å². The van der Waals surface area contributed by atoms with Gasteiger partial charge in [-0.05, 0) is 54.0 Å². The lowest BCUT2D eigenvalue weighted by atomic mass is 9.91. The zero-order chi connectivity index (χ0) is 45.4. The second-order valence-electron chi connectivity index (χ2n) is 14.7. The SMILES string of the molecule is CC.CC.CC.CC.CC1CCCCC1.CC1CCCCC1.CC1CCCCC1.CC1CCCCC1.c1ccncc1.c1ccnnc1.c1cnccn1.c1cncnc1. The van der Waals surface area contributed by atoms with Crippen LogP contribution in [0.3, 0.4) is 0 Å². The first-order chi connectivity index (χ1) is 29.6. The van der Waals surface area contributed by atoms with E-state index in [4.69, 9.17) is 0 Å². The summed E-state index contributed by atoms with van der Waals surface area (Å²) in [6.45, 7) is 25.4. The highest BCUT2D eigenvalue weighted by Crippen LogP contribution is 2.24. The summed E-state index contributed by atoms with van der Waals surface area (Å²) in [5, 5.41) is 7.07. The van der Waals surface area contributed by atoms with Gasteiger partial charge >= 0.3 is 0 Å². The van der Waals surface area contributed by atoms with Gasteiger partial charge in [0, 0.05) is 62.0 Å². The molecule has 344 valence electrons. The van der Waals surface area contributed by atoms with Crippen molar-refractivity contribution in [3.63, 3.8) is 0 Å². The van der Waals surface area contributed by atoms with Crippen LogP contribution in [0.1, 0.15) is 212 Å². The Morgan fingerprint density at radius 3 is 0.583 bits per heavy atom. The average Bonchev–Trinajstić information content (AvgIpc) is 3.36. The van der Waals surface area contributed by atoms with Crippen LogP contribution in [0.4, 0.5) is 0 Å². The molecule has 4 heterocycles. The Labute approximate surface area is 373 Å². The summed E-state index contributed by atoms with van der Waals surface area (Å²) in [6.07, 6.45) is 48.0. The van der Waals surface area contributed by atoms with Gasteiger partial charge in [-0.2, -0.15) is 10.2 Å². The van der Waals surface area contributed by atoms with E-state index in [-0.39, 0.29) is 0 Å². The van der Waals surface area contributed by atoms with Gasteiger partial charge in [0.1, 0.15) is 6.33 Å². The van der Waals surface area contributed by atoms with Gasteiger partial charge in [0.2, 0.25) is 0 Å². The molecule has 0 aliphatic heterocycles. The zero-order valence-electron chi connectivity index (χ0n) is 41.4. The summed E-state index contributed by atoms with van der Waals surface area (Å²) in [6, 6.07) is 11.1. The van der Waals surface area contributed by atoms with Gasteiger partial charge in [-0.25, -0.2) is 9.97 Å². The molecule has 7 nitrogen and oxygen atoms in total. The van der Waals surface area contributed by atoms with Crippen molar-refractivity contribution in [1.82, 2.24) is 35.1 Å². The molecule has 0 aromatic carbocycles. The van der Waals surface area contributed by atoms with Crippen molar-refractivity contribution in [2.45, 2.75) is 212 Å². The maximum absolute atomic E-state index is 3.78. The lowest BCUT2D eigenvalue weighted by molar-refractivity contribution is 0.385. The maximum atomic E-state index is 3.78. The first-order valence-electron chi connectivity index (χ1n) is 24.5. The van der Waals surface area contributed by atoms with Crippen LogP contribution in [-0.4, -0.2) is 35.1 Å². The number of aromatic nitrogens is 7. The van der Waals surface area contributed by atoms with Crippen molar-refractivity contribution in [3.8, 4) is 0 Å². The zero-order valence-corrected chi connectivity index (χ0v) is 41.4. The van der Waals surface area contributed by atoms with Crippen molar-refractivity contribution in [3.05, 3.63) is 105 Å². The Kier molecular flexibility index (Phi) is 62.7. The molecule has 4 aromatic rings. The molecule has 4 fully saturated rings. The number of hydrogen-bond donors (Lipinski definition) is 0. The summed E-state index contributed by atoms with van der Waals surface area (Å²) in [5.74, 6) is 4.14. The molecule has 7 heteroatoms. The lowest BCUT2D eigenvalue weighted by Crippen LogP contribution is -1.99. The Hall–Kier alpha value is -3.61. The molecule has 4 aliphatic rings. The van der Waals surface area contributed by atoms with Gasteiger partial charge in [-0.3, -0.25) is 15.0 Å². The highest BCUT2D eigenvalue weighted by atomic mass is 15.1. The first kappa shape index (κ1) is 63.0. The van der Waals surface area contributed by atoms with E-state index in [0.717, 1.165) is 23.7 Å². The molecule has 0 atom stereocenters. The van der Waals surface area contributed by atoms with Crippen LogP contribution in [-0.2, 0) is 0 Å². The quantitative estimate of drug-likeness (QED) is 0.174. The molecule has 8 rings (SSSR count). The van der Waals surface area contributed by atoms with E-state index in [1.54, 1.807) is 68.0 Å². The Morgan fingerprint density at radius 2 is 0.483 bits per heavy atom. The van der Waals surface area contributed by atoms with Crippen molar-refractivity contribution < 1.29 is 0 Å². The number of nitrogens with zero attached hydrogens (tertiary/aromatic N) is 7. The van der Waals surface area contributed by atoms with Crippen molar-refractivity contribution >= 4 is 0 Å². The summed E-state index contributed by atoms with van der Waals surface area (Å²) >= 11 is 0. The minimum atomic E-state index is 1.04. The molecule has 0 unspecified atom stereocenters. The summed E-state index contributed by atoms with van der Waals surface area (Å²) < 4.78 is 0. The van der Waals surface area contributed by atoms with Crippen LogP contribution in [0, 0.1) is 23.7 Å². The van der Waals surface area contributed by atoms with E-state index in [0.29, 0.717) is 0 Å². The third kappa shape index (κ3) is 56.5. The molecule has 0 N–H and O–H groups in total. The molecule has 0 saturated heterocycles. The molecule has 4 aromatic heterocycles. The number of rotatable bonds is 0. The van der Waals surface area contributed by atoms with Gasteiger partial charge in [0.05, 0.1) is 0 Å². The predicted molar refractivity (Wildman–Crippen MR) is 265 cm³/mol. The summed E-state index contributed by atoms with van der Waals surface area (Å²) in [5.41, 5.74) is 0. The van der Waals surface area contributed by atoms with Crippen molar-refractivity contribution in [2.75, 3.05) is 0 Å². The number of pyridine rings is 1. The summed E-state index contributed by atoms with van der Waals surface area (Å²) in [7, 11) is 0. The Bertz CT molecular complexity index is 852. The van der Waals surface area contributed by atoms with Crippen LogP contribution in [0.2, 0.25) is 0 Å². The first-order valence-corrected chi connectivity index (χ1v) is 24.5. The molecule has 0 spiro atoms. The molecule has 4 saturated carbocycles. The standard InChI is InChI=1S/4C7H14.C5H5N.3C4H4N2.4C2H6/c4*1-7-5-3-2-4-6-7;1-2-4-6-5-3-1;1-2-6-4-3-5-1;1-2-5-4-6-3-1;1-2-4-6-5-3-1;4*1-2/h4*7H,2-6H2,1H3;1-5H;3*1-4H;4*1-2H3. The molecule has 0 radical (unpaired) electrons. The van der Waals surface area contributed by atoms with Gasteiger partial charge in [0.15, 0.2) is 0 Å². The van der Waals surface area contributed by atoms with E-state index in [9.17, 15) is 0 Å². The molecule has 4 aliphatic carbocycles. The molecular formula is C53H97N7. The van der Waals surface area contributed by atoms with E-state index in [1.165, 1.54) is 135 Å². The Morgan fingerprint density at radius 1 is 0.250 bits per heavy atom. The average molecular weight is 832 g/mol. The van der Waals surface area contributed by atoms with Crippen molar-refractivity contribution in [1.29, 1.82) is 0 Å². The molecule has 0 bridgehead atoms. The highest BCUT2D eigenvalue weighted by Gasteiger charge is 2.08. The van der Waals surface area contributed by atoms with E-state index in [1.807, 2.05) is 85.7 Å². The fourth-order valence-electron chi connectivity index (χ4n) is 6.30. The molecular weight excluding hydrogens is 735 g/mol. The molecule has 0 amide bonds. The monoisotopic (exact) mass is 832 g/mol. The van der Waals surface area contributed by atoms with Gasteiger partial charge in [-0.1, -0.05) is 218 Å². The largest absolute Gasteiger partial charge is 0.265 e. The van der Waals surface area contributed by atoms with Gasteiger partial charge in [-0.15, -0.1) is 0 Å². The predicted octanol–water partition coefficient (Wildman–Crippen LogP) is 17.0. The van der Waals surface area contributed by atoms with Crippen LogP contribution in [0.15, 0.2) is 105 Å². The second-order valence-corrected chi connectivity index (χ2v) is 14.7. The molecule has 60 heavy (non-hydrogen) atoms.